The minimum absolute atomic E-state index is 0.298. The van der Waals surface area contributed by atoms with Crippen LogP contribution in [0.5, 0.6) is 0 Å². The van der Waals surface area contributed by atoms with Gasteiger partial charge in [0, 0.05) is 0 Å². The molecule has 1 rings (SSSR count). The van der Waals surface area contributed by atoms with E-state index in [0.29, 0.717) is 19.3 Å². The second kappa shape index (κ2) is 2.71. The quantitative estimate of drug-likeness (QED) is 0.619. The molecule has 0 aliphatic carbocycles. The van der Waals surface area contributed by atoms with E-state index < -0.39 is 0 Å². The van der Waals surface area contributed by atoms with Crippen molar-refractivity contribution in [1.82, 2.24) is 0 Å². The van der Waals surface area contributed by atoms with Crippen molar-refractivity contribution < 1.29 is 0 Å². The van der Waals surface area contributed by atoms with Gasteiger partial charge in [-0.25, -0.2) is 0 Å². The third-order valence-electron chi connectivity index (χ3n) is 2.87. The summed E-state index contributed by atoms with van der Waals surface area (Å²) in [4.78, 5) is 0. The summed E-state index contributed by atoms with van der Waals surface area (Å²) in [5, 5.41) is 7.03. The average Bonchev–Trinajstić information content (AvgIpc) is 2.03. The third-order valence-corrected chi connectivity index (χ3v) is 11.3. The lowest BCUT2D eigenvalue weighted by molar-refractivity contribution is 0.577. The first-order chi connectivity index (χ1) is 4.90. The van der Waals surface area contributed by atoms with Gasteiger partial charge in [0.2, 0.25) is 0 Å². The van der Waals surface area contributed by atoms with Crippen LogP contribution in [0, 0.1) is 0 Å². The van der Waals surface area contributed by atoms with Gasteiger partial charge >= 0.3 is 0 Å². The minimum Gasteiger partial charge on any atom is -0.355 e. The summed E-state index contributed by atoms with van der Waals surface area (Å²) in [5.41, 5.74) is 0. The van der Waals surface area contributed by atoms with E-state index in [4.69, 9.17) is 5.40 Å². The van der Waals surface area contributed by atoms with Crippen LogP contribution in [0.1, 0.15) is 40.5 Å². The molecule has 1 aliphatic heterocycles. The van der Waals surface area contributed by atoms with Crippen molar-refractivity contribution in [1.29, 1.82) is 0 Å². The lowest BCUT2D eigenvalue weighted by Gasteiger charge is -2.31. The summed E-state index contributed by atoms with van der Waals surface area (Å²) in [6.45, 7) is 9.59. The zero-order valence-electron chi connectivity index (χ0n) is 7.99. The van der Waals surface area contributed by atoms with Gasteiger partial charge in [-0.1, -0.05) is 40.5 Å². The molecule has 0 amide bonds. The molecule has 1 fully saturated rings. The monoisotopic (exact) mass is 184 g/mol. The predicted molar refractivity (Wildman–Crippen MR) is 53.0 cm³/mol. The summed E-state index contributed by atoms with van der Waals surface area (Å²) < 4.78 is 0. The molecule has 1 heterocycles. The van der Waals surface area contributed by atoms with Crippen LogP contribution in [-0.4, -0.2) is 17.5 Å². The molecule has 63 valence electrons. The van der Waals surface area contributed by atoms with Crippen molar-refractivity contribution in [2.45, 2.75) is 50.6 Å². The lowest BCUT2D eigenvalue weighted by Crippen LogP contribution is -2.41. The van der Waals surface area contributed by atoms with Gasteiger partial charge in [0.05, 0.1) is 8.31 Å². The van der Waals surface area contributed by atoms with Crippen LogP contribution in [0.15, 0.2) is 0 Å². The van der Waals surface area contributed by atoms with Gasteiger partial charge < -0.3 is 5.40 Å². The highest BCUT2D eigenvalue weighted by Gasteiger charge is 2.47. The predicted octanol–water partition coefficient (Wildman–Crippen LogP) is 1.91. The van der Waals surface area contributed by atoms with Crippen LogP contribution < -0.4 is 5.40 Å². The summed E-state index contributed by atoms with van der Waals surface area (Å²) >= 11 is 0. The Morgan fingerprint density at radius 1 is 1.09 bits per heavy atom. The normalized spacial score (nSPS) is 29.2. The van der Waals surface area contributed by atoms with E-state index in [1.54, 1.807) is 0 Å². The SMILES string of the molecule is CC1(C)CCC(C)(C)[Si]1[Si]N. The van der Waals surface area contributed by atoms with E-state index in [9.17, 15) is 0 Å². The molecule has 1 aliphatic rings. The van der Waals surface area contributed by atoms with E-state index in [1.807, 2.05) is 0 Å². The maximum atomic E-state index is 5.86. The fourth-order valence-electron chi connectivity index (χ4n) is 2.18. The Bertz CT molecular complexity index is 138. The highest BCUT2D eigenvalue weighted by Crippen LogP contribution is 2.55. The summed E-state index contributed by atoms with van der Waals surface area (Å²) in [7, 11) is 0.418. The van der Waals surface area contributed by atoms with E-state index >= 15 is 0 Å². The van der Waals surface area contributed by atoms with Crippen molar-refractivity contribution in [2.75, 3.05) is 0 Å². The Morgan fingerprint density at radius 3 is 1.64 bits per heavy atom. The Hall–Kier alpha value is 0.394. The van der Waals surface area contributed by atoms with E-state index in [2.05, 4.69) is 27.7 Å². The van der Waals surface area contributed by atoms with Crippen molar-refractivity contribution >= 4 is 17.5 Å². The van der Waals surface area contributed by atoms with Crippen LogP contribution in [0.2, 0.25) is 10.1 Å². The molecule has 0 aromatic rings. The zero-order valence-corrected chi connectivity index (χ0v) is 9.99. The van der Waals surface area contributed by atoms with Gasteiger partial charge in [0.25, 0.3) is 0 Å². The van der Waals surface area contributed by atoms with Crippen LogP contribution in [0.3, 0.4) is 0 Å². The van der Waals surface area contributed by atoms with Gasteiger partial charge in [0.1, 0.15) is 9.20 Å². The van der Waals surface area contributed by atoms with Crippen molar-refractivity contribution in [3.05, 3.63) is 0 Å². The first kappa shape index (κ1) is 9.48. The van der Waals surface area contributed by atoms with Crippen LogP contribution >= 0.6 is 0 Å². The fraction of sp³-hybridized carbons (Fsp3) is 1.00. The molecule has 1 nitrogen and oxygen atoms in total. The highest BCUT2D eigenvalue weighted by atomic mass is 29.2. The van der Waals surface area contributed by atoms with Crippen molar-refractivity contribution in [3.63, 3.8) is 0 Å². The number of nitrogens with two attached hydrogens (primary N) is 1. The smallest absolute Gasteiger partial charge is 0.119 e. The van der Waals surface area contributed by atoms with Crippen molar-refractivity contribution in [2.24, 2.45) is 5.40 Å². The van der Waals surface area contributed by atoms with Gasteiger partial charge in [-0.2, -0.15) is 0 Å². The van der Waals surface area contributed by atoms with Crippen LogP contribution in [0.25, 0.3) is 0 Å². The Balaban J connectivity index is 2.80. The van der Waals surface area contributed by atoms with E-state index in [1.165, 1.54) is 12.8 Å². The largest absolute Gasteiger partial charge is 0.355 e. The molecule has 0 atom stereocenters. The maximum absolute atomic E-state index is 5.86. The van der Waals surface area contributed by atoms with E-state index in [-0.39, 0.29) is 8.31 Å². The molecular weight excluding hydrogens is 166 g/mol. The molecule has 0 bridgehead atoms. The zero-order chi connectivity index (χ0) is 8.70. The minimum atomic E-state index is -0.298. The molecule has 0 aromatic heterocycles. The van der Waals surface area contributed by atoms with Crippen LogP contribution in [0.4, 0.5) is 0 Å². The fourth-order valence-corrected chi connectivity index (χ4v) is 8.64. The molecule has 1 saturated heterocycles. The number of hydrogen-bond donors (Lipinski definition) is 1. The second-order valence-electron chi connectivity index (χ2n) is 4.79. The molecule has 11 heavy (non-hydrogen) atoms. The molecule has 2 N–H and O–H groups in total. The van der Waals surface area contributed by atoms with Gasteiger partial charge in [0.15, 0.2) is 0 Å². The number of rotatable bonds is 1. The second-order valence-corrected chi connectivity index (χ2v) is 10.9. The number of hydrogen-bond acceptors (Lipinski definition) is 1. The van der Waals surface area contributed by atoms with Gasteiger partial charge in [-0.3, -0.25) is 0 Å². The maximum Gasteiger partial charge on any atom is 0.119 e. The summed E-state index contributed by atoms with van der Waals surface area (Å²) in [6, 6.07) is 0. The molecular formula is C8H18NSi2. The Kier molecular flexibility index (Phi) is 2.34. The first-order valence-electron chi connectivity index (χ1n) is 4.25. The summed E-state index contributed by atoms with van der Waals surface area (Å²) in [5.74, 6) is 0. The molecule has 0 saturated carbocycles. The Labute approximate surface area is 74.0 Å². The molecule has 0 aromatic carbocycles. The van der Waals surface area contributed by atoms with Crippen molar-refractivity contribution in [3.8, 4) is 0 Å². The molecule has 0 spiro atoms. The lowest BCUT2D eigenvalue weighted by atomic mass is 10.0. The van der Waals surface area contributed by atoms with Gasteiger partial charge in [-0.15, -0.1) is 0 Å². The van der Waals surface area contributed by atoms with Gasteiger partial charge in [-0.05, 0) is 10.1 Å². The van der Waals surface area contributed by atoms with E-state index in [0.717, 1.165) is 0 Å². The molecule has 3 radical (unpaired) electrons. The molecule has 0 unspecified atom stereocenters. The highest BCUT2D eigenvalue weighted by molar-refractivity contribution is 7.14. The average molecular weight is 184 g/mol. The topological polar surface area (TPSA) is 26.0 Å². The Morgan fingerprint density at radius 2 is 1.45 bits per heavy atom. The standard InChI is InChI=1S/C8H18NSi2/c1-7(2)5-6-8(3,4)11(7)10-9/h5-6,9H2,1-4H3. The third kappa shape index (κ3) is 1.60. The summed E-state index contributed by atoms with van der Waals surface area (Å²) in [6.07, 6.45) is 2.77. The molecule has 3 heteroatoms. The first-order valence-corrected chi connectivity index (χ1v) is 7.82. The van der Waals surface area contributed by atoms with Crippen LogP contribution in [-0.2, 0) is 0 Å².